The van der Waals surface area contributed by atoms with Crippen LogP contribution in [0.15, 0.2) is 48.5 Å². The van der Waals surface area contributed by atoms with Gasteiger partial charge in [-0.2, -0.15) is 0 Å². The van der Waals surface area contributed by atoms with Crippen LogP contribution in [0.5, 0.6) is 5.75 Å². The Bertz CT molecular complexity index is 681. The van der Waals surface area contributed by atoms with E-state index in [1.807, 2.05) is 0 Å². The van der Waals surface area contributed by atoms with Crippen LogP contribution in [-0.2, 0) is 0 Å². The van der Waals surface area contributed by atoms with Crippen molar-refractivity contribution in [1.29, 1.82) is 0 Å². The van der Waals surface area contributed by atoms with E-state index in [9.17, 15) is 13.2 Å². The minimum Gasteiger partial charge on any atom is -0.406 e. The van der Waals surface area contributed by atoms with Crippen LogP contribution in [0.3, 0.4) is 0 Å². The molecule has 4 heteroatoms. The Kier molecular flexibility index (Phi) is 5.90. The fourth-order valence-corrected chi connectivity index (χ4v) is 3.99. The maximum Gasteiger partial charge on any atom is 0.573 e. The van der Waals surface area contributed by atoms with Gasteiger partial charge in [0.25, 0.3) is 0 Å². The summed E-state index contributed by atoms with van der Waals surface area (Å²) in [5, 5.41) is 0. The molecule has 0 aromatic heterocycles. The first-order chi connectivity index (χ1) is 12.4. The summed E-state index contributed by atoms with van der Waals surface area (Å²) in [4.78, 5) is 0. The summed E-state index contributed by atoms with van der Waals surface area (Å²) in [5.41, 5.74) is 3.27. The highest BCUT2D eigenvalue weighted by atomic mass is 19.4. The highest BCUT2D eigenvalue weighted by molar-refractivity contribution is 5.64. The topological polar surface area (TPSA) is 9.23 Å². The lowest BCUT2D eigenvalue weighted by molar-refractivity contribution is -0.274. The normalized spacial score (nSPS) is 20.8. The lowest BCUT2D eigenvalue weighted by Gasteiger charge is -2.28. The summed E-state index contributed by atoms with van der Waals surface area (Å²) in [6, 6.07) is 14.5. The SMILES string of the molecule is CCCC1CCC(c2ccc(-c3ccc(OC(F)(F)F)cc3)cc2)CC1. The van der Waals surface area contributed by atoms with Gasteiger partial charge in [0, 0.05) is 0 Å². The second-order valence-corrected chi connectivity index (χ2v) is 7.20. The minimum atomic E-state index is -4.65. The molecule has 0 atom stereocenters. The van der Waals surface area contributed by atoms with Crippen LogP contribution in [0.25, 0.3) is 11.1 Å². The van der Waals surface area contributed by atoms with Crippen molar-refractivity contribution in [2.45, 2.75) is 57.7 Å². The van der Waals surface area contributed by atoms with E-state index in [1.54, 1.807) is 12.1 Å². The second kappa shape index (κ2) is 8.15. The fourth-order valence-electron chi connectivity index (χ4n) is 3.99. The van der Waals surface area contributed by atoms with Gasteiger partial charge >= 0.3 is 6.36 Å². The Labute approximate surface area is 153 Å². The number of rotatable bonds is 5. The Morgan fingerprint density at radius 3 is 1.88 bits per heavy atom. The molecule has 2 aromatic rings. The number of hydrogen-bond donors (Lipinski definition) is 0. The van der Waals surface area contributed by atoms with Crippen molar-refractivity contribution in [2.24, 2.45) is 5.92 Å². The molecule has 0 heterocycles. The molecule has 1 nitrogen and oxygen atoms in total. The molecule has 0 aliphatic heterocycles. The second-order valence-electron chi connectivity index (χ2n) is 7.20. The van der Waals surface area contributed by atoms with Crippen molar-refractivity contribution in [1.82, 2.24) is 0 Å². The summed E-state index contributed by atoms with van der Waals surface area (Å²) in [6.07, 6.45) is 3.12. The third-order valence-electron chi connectivity index (χ3n) is 5.35. The van der Waals surface area contributed by atoms with E-state index >= 15 is 0 Å². The summed E-state index contributed by atoms with van der Waals surface area (Å²) in [6.45, 7) is 2.26. The molecule has 0 spiro atoms. The quantitative estimate of drug-likeness (QED) is 0.541. The van der Waals surface area contributed by atoms with E-state index in [2.05, 4.69) is 35.9 Å². The monoisotopic (exact) mass is 362 g/mol. The van der Waals surface area contributed by atoms with Crippen molar-refractivity contribution in [2.75, 3.05) is 0 Å². The number of benzene rings is 2. The Morgan fingerprint density at radius 1 is 0.846 bits per heavy atom. The van der Waals surface area contributed by atoms with E-state index < -0.39 is 6.36 Å². The van der Waals surface area contributed by atoms with Crippen LogP contribution >= 0.6 is 0 Å². The molecular weight excluding hydrogens is 337 g/mol. The lowest BCUT2D eigenvalue weighted by Crippen LogP contribution is -2.16. The zero-order chi connectivity index (χ0) is 18.6. The fraction of sp³-hybridized carbons (Fsp3) is 0.455. The number of halogens is 3. The molecule has 3 rings (SSSR count). The zero-order valence-electron chi connectivity index (χ0n) is 15.1. The molecule has 0 radical (unpaired) electrons. The summed E-state index contributed by atoms with van der Waals surface area (Å²) < 4.78 is 40.6. The molecular formula is C22H25F3O. The number of alkyl halides is 3. The Morgan fingerprint density at radius 2 is 1.38 bits per heavy atom. The van der Waals surface area contributed by atoms with Crippen molar-refractivity contribution >= 4 is 0 Å². The smallest absolute Gasteiger partial charge is 0.406 e. The van der Waals surface area contributed by atoms with Crippen LogP contribution in [-0.4, -0.2) is 6.36 Å². The molecule has 0 saturated heterocycles. The van der Waals surface area contributed by atoms with Crippen LogP contribution in [0.4, 0.5) is 13.2 Å². The van der Waals surface area contributed by atoms with Gasteiger partial charge in [-0.1, -0.05) is 56.2 Å². The van der Waals surface area contributed by atoms with Crippen LogP contribution in [0.2, 0.25) is 0 Å². The van der Waals surface area contributed by atoms with Crippen molar-refractivity contribution in [3.05, 3.63) is 54.1 Å². The molecule has 2 aromatic carbocycles. The van der Waals surface area contributed by atoms with E-state index in [4.69, 9.17) is 0 Å². The Balaban J connectivity index is 1.63. The molecule has 0 amide bonds. The van der Waals surface area contributed by atoms with Gasteiger partial charge in [-0.25, -0.2) is 0 Å². The van der Waals surface area contributed by atoms with Gasteiger partial charge in [-0.15, -0.1) is 13.2 Å². The van der Waals surface area contributed by atoms with Crippen LogP contribution < -0.4 is 4.74 Å². The average Bonchev–Trinajstić information content (AvgIpc) is 2.62. The Hall–Kier alpha value is -1.97. The van der Waals surface area contributed by atoms with Gasteiger partial charge in [-0.05, 0) is 66.3 Å². The van der Waals surface area contributed by atoms with Gasteiger partial charge < -0.3 is 4.74 Å². The number of ether oxygens (including phenoxy) is 1. The third kappa shape index (κ3) is 5.03. The van der Waals surface area contributed by atoms with Crippen molar-refractivity contribution in [3.8, 4) is 16.9 Å². The van der Waals surface area contributed by atoms with E-state index in [0.717, 1.165) is 17.0 Å². The molecule has 26 heavy (non-hydrogen) atoms. The zero-order valence-corrected chi connectivity index (χ0v) is 15.1. The average molecular weight is 362 g/mol. The van der Waals surface area contributed by atoms with E-state index in [0.29, 0.717) is 5.92 Å². The predicted octanol–water partition coefficient (Wildman–Crippen LogP) is 7.33. The lowest BCUT2D eigenvalue weighted by atomic mass is 9.77. The minimum absolute atomic E-state index is 0.193. The van der Waals surface area contributed by atoms with Crippen LogP contribution in [0.1, 0.15) is 56.9 Å². The molecule has 0 N–H and O–H groups in total. The molecule has 0 unspecified atom stereocenters. The first-order valence-corrected chi connectivity index (χ1v) is 9.40. The highest BCUT2D eigenvalue weighted by Crippen LogP contribution is 2.38. The van der Waals surface area contributed by atoms with Crippen molar-refractivity contribution < 1.29 is 17.9 Å². The molecule has 140 valence electrons. The van der Waals surface area contributed by atoms with Crippen LogP contribution in [0, 0.1) is 5.92 Å². The van der Waals surface area contributed by atoms with Gasteiger partial charge in [0.15, 0.2) is 0 Å². The van der Waals surface area contributed by atoms with Gasteiger partial charge in [0.1, 0.15) is 5.75 Å². The third-order valence-corrected chi connectivity index (χ3v) is 5.35. The maximum atomic E-state index is 12.2. The largest absolute Gasteiger partial charge is 0.573 e. The molecule has 0 bridgehead atoms. The summed E-state index contributed by atoms with van der Waals surface area (Å²) in [5.74, 6) is 1.34. The van der Waals surface area contributed by atoms with Gasteiger partial charge in [0.2, 0.25) is 0 Å². The molecule has 1 aliphatic rings. The molecule has 1 fully saturated rings. The highest BCUT2D eigenvalue weighted by Gasteiger charge is 2.31. The predicted molar refractivity (Wildman–Crippen MR) is 98.2 cm³/mol. The number of hydrogen-bond acceptors (Lipinski definition) is 1. The van der Waals surface area contributed by atoms with Crippen molar-refractivity contribution in [3.63, 3.8) is 0 Å². The summed E-state index contributed by atoms with van der Waals surface area (Å²) >= 11 is 0. The van der Waals surface area contributed by atoms with Gasteiger partial charge in [-0.3, -0.25) is 0 Å². The van der Waals surface area contributed by atoms with E-state index in [-0.39, 0.29) is 5.75 Å². The summed E-state index contributed by atoms with van der Waals surface area (Å²) in [7, 11) is 0. The first kappa shape index (κ1) is 18.8. The van der Waals surface area contributed by atoms with E-state index in [1.165, 1.54) is 56.2 Å². The molecule has 1 saturated carbocycles. The first-order valence-electron chi connectivity index (χ1n) is 9.40. The molecule has 1 aliphatic carbocycles. The maximum absolute atomic E-state index is 12.2. The standard InChI is InChI=1S/C22H25F3O/c1-2-3-16-4-6-17(7-5-16)18-8-10-19(11-9-18)20-12-14-21(15-13-20)26-22(23,24)25/h8-17H,2-7H2,1H3. The van der Waals surface area contributed by atoms with Gasteiger partial charge in [0.05, 0.1) is 0 Å².